The highest BCUT2D eigenvalue weighted by Gasteiger charge is 2.15. The Balaban J connectivity index is 0.00000169. The van der Waals surface area contributed by atoms with E-state index < -0.39 is 0 Å². The number of hydrogen-bond acceptors (Lipinski definition) is 4. The monoisotopic (exact) mass is 256 g/mol. The lowest BCUT2D eigenvalue weighted by Crippen LogP contribution is -2.42. The van der Waals surface area contributed by atoms with Crippen LogP contribution in [0, 0.1) is 0 Å². The fraction of sp³-hybridized carbons (Fsp3) is 0.875. The van der Waals surface area contributed by atoms with Crippen molar-refractivity contribution in [2.75, 3.05) is 23.8 Å². The minimum Gasteiger partial charge on any atom is -0.354 e. The van der Waals surface area contributed by atoms with E-state index in [2.05, 4.69) is 5.32 Å². The lowest BCUT2D eigenvalue weighted by atomic mass is 10.3. The molecule has 0 bridgehead atoms. The molecule has 1 heterocycles. The summed E-state index contributed by atoms with van der Waals surface area (Å²) in [5, 5.41) is 3.42. The Labute approximate surface area is 99.7 Å². The molecule has 0 spiro atoms. The second kappa shape index (κ2) is 7.68. The molecule has 0 aromatic carbocycles. The standard InChI is InChI=1S/C8H16N2OS2.ClH/c1-6(9)8(11)10-4-7-5-12-2-3-13-7;/h6-7H,2-5,9H2,1H3,(H,10,11);1H/t6-,7?;/m0./s1. The highest BCUT2D eigenvalue weighted by Crippen LogP contribution is 2.23. The predicted octanol–water partition coefficient (Wildman–Crippen LogP) is 0.720. The molecule has 14 heavy (non-hydrogen) atoms. The molecular weight excluding hydrogens is 240 g/mol. The third-order valence-electron chi connectivity index (χ3n) is 1.80. The van der Waals surface area contributed by atoms with Crippen molar-refractivity contribution in [2.24, 2.45) is 5.73 Å². The van der Waals surface area contributed by atoms with Crippen molar-refractivity contribution in [3.05, 3.63) is 0 Å². The van der Waals surface area contributed by atoms with Crippen LogP contribution in [0.3, 0.4) is 0 Å². The van der Waals surface area contributed by atoms with Crippen LogP contribution in [-0.4, -0.2) is 41.0 Å². The largest absolute Gasteiger partial charge is 0.354 e. The van der Waals surface area contributed by atoms with Gasteiger partial charge in [0.2, 0.25) is 5.91 Å². The lowest BCUT2D eigenvalue weighted by Gasteiger charge is -2.21. The maximum atomic E-state index is 11.1. The molecule has 2 atom stereocenters. The molecule has 0 aromatic rings. The molecule has 6 heteroatoms. The smallest absolute Gasteiger partial charge is 0.236 e. The summed E-state index contributed by atoms with van der Waals surface area (Å²) in [5.74, 6) is 3.53. The third kappa shape index (κ3) is 5.34. The maximum Gasteiger partial charge on any atom is 0.236 e. The van der Waals surface area contributed by atoms with Crippen LogP contribution in [0.4, 0.5) is 0 Å². The summed E-state index contributed by atoms with van der Waals surface area (Å²) in [6, 6.07) is -0.388. The topological polar surface area (TPSA) is 55.1 Å². The summed E-state index contributed by atoms with van der Waals surface area (Å²) < 4.78 is 0. The fourth-order valence-electron chi connectivity index (χ4n) is 1.03. The Kier molecular flexibility index (Phi) is 7.91. The zero-order chi connectivity index (χ0) is 9.68. The minimum atomic E-state index is -0.388. The molecule has 3 nitrogen and oxygen atoms in total. The number of nitrogens with one attached hydrogen (secondary N) is 1. The van der Waals surface area contributed by atoms with Gasteiger partial charge in [-0.2, -0.15) is 23.5 Å². The SMILES string of the molecule is C[C@H](N)C(=O)NCC1CSCCS1.Cl. The van der Waals surface area contributed by atoms with Gasteiger partial charge in [-0.3, -0.25) is 4.79 Å². The van der Waals surface area contributed by atoms with Gasteiger partial charge in [-0.1, -0.05) is 0 Å². The molecule has 3 N–H and O–H groups in total. The maximum absolute atomic E-state index is 11.1. The number of rotatable bonds is 3. The molecule has 1 aliphatic rings. The van der Waals surface area contributed by atoms with Crippen molar-refractivity contribution < 1.29 is 4.79 Å². The summed E-state index contributed by atoms with van der Waals surface area (Å²) in [7, 11) is 0. The Morgan fingerprint density at radius 3 is 2.86 bits per heavy atom. The van der Waals surface area contributed by atoms with Gasteiger partial charge in [0.1, 0.15) is 0 Å². The van der Waals surface area contributed by atoms with Crippen molar-refractivity contribution in [3.8, 4) is 0 Å². The van der Waals surface area contributed by atoms with Crippen molar-refractivity contribution in [3.63, 3.8) is 0 Å². The van der Waals surface area contributed by atoms with Crippen molar-refractivity contribution >= 4 is 41.8 Å². The van der Waals surface area contributed by atoms with Crippen LogP contribution >= 0.6 is 35.9 Å². The third-order valence-corrected chi connectivity index (χ3v) is 4.65. The summed E-state index contributed by atoms with van der Waals surface area (Å²) in [6.07, 6.45) is 0. The van der Waals surface area contributed by atoms with E-state index in [0.717, 1.165) is 12.3 Å². The van der Waals surface area contributed by atoms with Crippen molar-refractivity contribution in [1.29, 1.82) is 0 Å². The van der Waals surface area contributed by atoms with E-state index in [9.17, 15) is 4.79 Å². The van der Waals surface area contributed by atoms with Gasteiger partial charge in [-0.15, -0.1) is 12.4 Å². The van der Waals surface area contributed by atoms with Gasteiger partial charge < -0.3 is 11.1 Å². The molecule has 0 saturated carbocycles. The van der Waals surface area contributed by atoms with Crippen LogP contribution in [0.1, 0.15) is 6.92 Å². The van der Waals surface area contributed by atoms with Gasteiger partial charge in [0, 0.05) is 29.1 Å². The molecule has 1 aliphatic heterocycles. The second-order valence-electron chi connectivity index (χ2n) is 3.10. The number of carbonyl (C=O) groups excluding carboxylic acids is 1. The summed E-state index contributed by atoms with van der Waals surface area (Å²) >= 11 is 3.90. The number of amides is 1. The molecule has 1 rings (SSSR count). The molecular formula is C8H17ClN2OS2. The molecule has 1 unspecified atom stereocenters. The van der Waals surface area contributed by atoms with Gasteiger partial charge in [-0.05, 0) is 6.92 Å². The van der Waals surface area contributed by atoms with Crippen LogP contribution < -0.4 is 11.1 Å². The van der Waals surface area contributed by atoms with Crippen LogP contribution in [0.25, 0.3) is 0 Å². The van der Waals surface area contributed by atoms with Crippen LogP contribution in [0.5, 0.6) is 0 Å². The zero-order valence-electron chi connectivity index (χ0n) is 8.19. The van der Waals surface area contributed by atoms with Crippen LogP contribution in [0.2, 0.25) is 0 Å². The van der Waals surface area contributed by atoms with E-state index in [1.165, 1.54) is 11.5 Å². The van der Waals surface area contributed by atoms with E-state index >= 15 is 0 Å². The first-order valence-electron chi connectivity index (χ1n) is 4.43. The number of nitrogens with two attached hydrogens (primary N) is 1. The van der Waals surface area contributed by atoms with Gasteiger partial charge in [0.15, 0.2) is 0 Å². The first-order valence-corrected chi connectivity index (χ1v) is 6.63. The van der Waals surface area contributed by atoms with E-state index in [-0.39, 0.29) is 24.4 Å². The van der Waals surface area contributed by atoms with E-state index in [0.29, 0.717) is 5.25 Å². The van der Waals surface area contributed by atoms with Crippen molar-refractivity contribution in [1.82, 2.24) is 5.32 Å². The quantitative estimate of drug-likeness (QED) is 0.782. The molecule has 0 aliphatic carbocycles. The van der Waals surface area contributed by atoms with E-state index in [4.69, 9.17) is 5.73 Å². The Morgan fingerprint density at radius 1 is 1.64 bits per heavy atom. The van der Waals surface area contributed by atoms with E-state index in [1.807, 2.05) is 23.5 Å². The number of hydrogen-bond donors (Lipinski definition) is 2. The Hall–Kier alpha value is 0.420. The molecule has 1 amide bonds. The summed E-state index contributed by atoms with van der Waals surface area (Å²) in [5.41, 5.74) is 5.43. The van der Waals surface area contributed by atoms with Gasteiger partial charge in [0.05, 0.1) is 6.04 Å². The summed E-state index contributed by atoms with van der Waals surface area (Å²) in [6.45, 7) is 2.47. The van der Waals surface area contributed by atoms with Crippen molar-refractivity contribution in [2.45, 2.75) is 18.2 Å². The summed E-state index contributed by atoms with van der Waals surface area (Å²) in [4.78, 5) is 11.1. The number of halogens is 1. The average molecular weight is 257 g/mol. The highest BCUT2D eigenvalue weighted by atomic mass is 35.5. The first-order chi connectivity index (χ1) is 6.20. The molecule has 1 fully saturated rings. The van der Waals surface area contributed by atoms with Crippen LogP contribution in [-0.2, 0) is 4.79 Å². The molecule has 1 saturated heterocycles. The average Bonchev–Trinajstić information content (AvgIpc) is 2.15. The second-order valence-corrected chi connectivity index (χ2v) is 5.66. The molecule has 84 valence electrons. The van der Waals surface area contributed by atoms with Gasteiger partial charge >= 0.3 is 0 Å². The van der Waals surface area contributed by atoms with Gasteiger partial charge in [-0.25, -0.2) is 0 Å². The Bertz CT molecular complexity index is 175. The zero-order valence-corrected chi connectivity index (χ0v) is 10.6. The highest BCUT2D eigenvalue weighted by molar-refractivity contribution is 8.06. The van der Waals surface area contributed by atoms with Gasteiger partial charge in [0.25, 0.3) is 0 Å². The first kappa shape index (κ1) is 14.4. The lowest BCUT2D eigenvalue weighted by molar-refractivity contribution is -0.121. The number of carbonyl (C=O) groups is 1. The minimum absolute atomic E-state index is 0. The molecule has 0 radical (unpaired) electrons. The van der Waals surface area contributed by atoms with E-state index in [1.54, 1.807) is 6.92 Å². The Morgan fingerprint density at radius 2 is 2.36 bits per heavy atom. The predicted molar refractivity (Wildman–Crippen MR) is 67.5 cm³/mol. The fourth-order valence-corrected chi connectivity index (χ4v) is 3.64. The number of thioether (sulfide) groups is 2. The normalized spacial score (nSPS) is 23.4. The molecule has 0 aromatic heterocycles. The van der Waals surface area contributed by atoms with Crippen LogP contribution in [0.15, 0.2) is 0 Å².